The first-order valence-electron chi connectivity index (χ1n) is 14.3. The van der Waals surface area contributed by atoms with E-state index in [1.54, 1.807) is 18.3 Å². The molecule has 6 rings (SSSR count). The zero-order chi connectivity index (χ0) is 29.9. The van der Waals surface area contributed by atoms with Crippen molar-refractivity contribution in [3.8, 4) is 0 Å². The lowest BCUT2D eigenvalue weighted by Gasteiger charge is -2.61. The molecule has 0 spiro atoms. The Kier molecular flexibility index (Phi) is 8.28. The van der Waals surface area contributed by atoms with Crippen LogP contribution in [0.3, 0.4) is 0 Å². The van der Waals surface area contributed by atoms with E-state index in [1.807, 2.05) is 38.1 Å². The molecule has 42 heavy (non-hydrogen) atoms. The summed E-state index contributed by atoms with van der Waals surface area (Å²) in [5.74, 6) is -0.822. The van der Waals surface area contributed by atoms with E-state index in [1.165, 1.54) is 22.9 Å². The zero-order valence-corrected chi connectivity index (χ0v) is 23.7. The minimum atomic E-state index is -1.01. The molecule has 11 heteroatoms. The number of hydrogen-bond acceptors (Lipinski definition) is 5. The van der Waals surface area contributed by atoms with Crippen LogP contribution in [0.2, 0.25) is 0 Å². The second-order valence-corrected chi connectivity index (χ2v) is 11.6. The maximum absolute atomic E-state index is 13.4. The number of rotatable bonds is 12. The van der Waals surface area contributed by atoms with Crippen LogP contribution in [0, 0.1) is 5.92 Å². The fraction of sp³-hybridized carbons (Fsp3) is 0.387. The minimum absolute atomic E-state index is 0.000915. The van der Waals surface area contributed by atoms with Gasteiger partial charge in [-0.25, -0.2) is 0 Å². The molecule has 5 N–H and O–H groups in total. The Morgan fingerprint density at radius 3 is 2.55 bits per heavy atom. The molecule has 3 saturated carbocycles. The molecule has 0 radical (unpaired) electrons. The van der Waals surface area contributed by atoms with Gasteiger partial charge in [-0.15, -0.1) is 0 Å². The van der Waals surface area contributed by atoms with Gasteiger partial charge in [-0.1, -0.05) is 24.3 Å². The number of fused-ring (bicyclic) bond motifs is 1. The molecule has 3 aliphatic rings. The van der Waals surface area contributed by atoms with Crippen molar-refractivity contribution in [3.63, 3.8) is 0 Å². The maximum atomic E-state index is 13.4. The van der Waals surface area contributed by atoms with Crippen LogP contribution in [-0.2, 0) is 20.9 Å². The van der Waals surface area contributed by atoms with Crippen molar-refractivity contribution in [2.75, 3.05) is 5.32 Å². The Morgan fingerprint density at radius 1 is 1.07 bits per heavy atom. The predicted octanol–water partition coefficient (Wildman–Crippen LogP) is 2.60. The van der Waals surface area contributed by atoms with E-state index >= 15 is 0 Å². The summed E-state index contributed by atoms with van der Waals surface area (Å²) in [6.07, 6.45) is 9.59. The number of aromatic nitrogens is 2. The van der Waals surface area contributed by atoms with Crippen molar-refractivity contribution in [2.45, 2.75) is 70.1 Å². The van der Waals surface area contributed by atoms with Crippen molar-refractivity contribution in [1.82, 2.24) is 25.5 Å². The van der Waals surface area contributed by atoms with Crippen molar-refractivity contribution >= 4 is 40.2 Å². The van der Waals surface area contributed by atoms with Crippen LogP contribution in [0.4, 0.5) is 5.69 Å². The third-order valence-corrected chi connectivity index (χ3v) is 7.81. The standard InChI is InChI=1S/C31H36N6O5/c1-19(2)33-26(38)12-6-5-10-24(34-28(40)22-17-32-23-9-4-3-8-21(22)23)29(41)35-25-11-7-13-37(30(25)42)18-27(39)36-31-14-20(15-31)16-31/h3-4,6-9,11-13,17,19-20,24,32H,5,10,14-16,18H2,1-2H3,(H,33,38)(H,34,40)(H,35,41)(H,36,39)/b12-6+/t20?,24-,31?/m0/s1. The monoisotopic (exact) mass is 572 g/mol. The molecule has 2 bridgehead atoms. The molecule has 0 aliphatic heterocycles. The number of aromatic amines is 1. The number of H-pyrrole nitrogens is 1. The summed E-state index contributed by atoms with van der Waals surface area (Å²) in [6.45, 7) is 3.55. The van der Waals surface area contributed by atoms with Gasteiger partial charge in [0.15, 0.2) is 0 Å². The second-order valence-electron chi connectivity index (χ2n) is 11.6. The molecule has 0 unspecified atom stereocenters. The number of anilines is 1. The average molecular weight is 573 g/mol. The number of hydrogen-bond donors (Lipinski definition) is 5. The second kappa shape index (κ2) is 12.1. The van der Waals surface area contributed by atoms with Crippen LogP contribution >= 0.6 is 0 Å². The fourth-order valence-corrected chi connectivity index (χ4v) is 5.65. The van der Waals surface area contributed by atoms with Crippen molar-refractivity contribution in [3.05, 3.63) is 76.9 Å². The average Bonchev–Trinajstić information content (AvgIpc) is 3.33. The number of amides is 4. The first-order valence-corrected chi connectivity index (χ1v) is 14.3. The SMILES string of the molecule is CC(C)NC(=O)/C=C/CC[C@H](NC(=O)c1c[nH]c2ccccc12)C(=O)Nc1cccn(CC(=O)NC23CC(C2)C3)c1=O. The first-order chi connectivity index (χ1) is 20.1. The summed E-state index contributed by atoms with van der Waals surface area (Å²) in [5.41, 5.74) is 0.541. The number of para-hydroxylation sites is 1. The summed E-state index contributed by atoms with van der Waals surface area (Å²) in [7, 11) is 0. The van der Waals surface area contributed by atoms with E-state index in [0.717, 1.165) is 24.8 Å². The van der Waals surface area contributed by atoms with Gasteiger partial charge in [0.2, 0.25) is 17.7 Å². The van der Waals surface area contributed by atoms with E-state index < -0.39 is 23.4 Å². The van der Waals surface area contributed by atoms with Gasteiger partial charge in [0, 0.05) is 34.9 Å². The zero-order valence-electron chi connectivity index (χ0n) is 23.7. The quantitative estimate of drug-likeness (QED) is 0.211. The molecular weight excluding hydrogens is 536 g/mol. The van der Waals surface area contributed by atoms with Crippen LogP contribution in [0.1, 0.15) is 56.3 Å². The highest BCUT2D eigenvalue weighted by molar-refractivity contribution is 6.08. The molecule has 1 atom stereocenters. The third kappa shape index (κ3) is 6.45. The Balaban J connectivity index is 1.28. The van der Waals surface area contributed by atoms with Crippen LogP contribution < -0.4 is 26.8 Å². The highest BCUT2D eigenvalue weighted by Crippen LogP contribution is 2.56. The van der Waals surface area contributed by atoms with E-state index in [2.05, 4.69) is 26.3 Å². The minimum Gasteiger partial charge on any atom is -0.360 e. The van der Waals surface area contributed by atoms with Gasteiger partial charge in [0.05, 0.1) is 5.56 Å². The van der Waals surface area contributed by atoms with Gasteiger partial charge in [-0.05, 0) is 76.1 Å². The third-order valence-electron chi connectivity index (χ3n) is 7.81. The smallest absolute Gasteiger partial charge is 0.274 e. The Morgan fingerprint density at radius 2 is 1.83 bits per heavy atom. The number of carbonyl (C=O) groups excluding carboxylic acids is 4. The van der Waals surface area contributed by atoms with Gasteiger partial charge in [-0.2, -0.15) is 0 Å². The topological polar surface area (TPSA) is 154 Å². The molecular formula is C31H36N6O5. The highest BCUT2D eigenvalue weighted by Gasteiger charge is 2.57. The highest BCUT2D eigenvalue weighted by atomic mass is 16.2. The maximum Gasteiger partial charge on any atom is 0.274 e. The fourth-order valence-electron chi connectivity index (χ4n) is 5.65. The van der Waals surface area contributed by atoms with Crippen LogP contribution in [-0.4, -0.2) is 50.8 Å². The summed E-state index contributed by atoms with van der Waals surface area (Å²) in [6, 6.07) is 9.35. The summed E-state index contributed by atoms with van der Waals surface area (Å²) >= 11 is 0. The van der Waals surface area contributed by atoms with Gasteiger partial charge in [0.1, 0.15) is 18.3 Å². The Labute approximate surface area is 243 Å². The van der Waals surface area contributed by atoms with Crippen LogP contribution in [0.15, 0.2) is 65.7 Å². The number of carbonyl (C=O) groups is 4. The van der Waals surface area contributed by atoms with Crippen molar-refractivity contribution < 1.29 is 19.2 Å². The van der Waals surface area contributed by atoms with Gasteiger partial charge >= 0.3 is 0 Å². The van der Waals surface area contributed by atoms with Crippen LogP contribution in [0.25, 0.3) is 10.9 Å². The molecule has 4 amide bonds. The number of pyridine rings is 1. The summed E-state index contributed by atoms with van der Waals surface area (Å²) in [4.78, 5) is 67.4. The van der Waals surface area contributed by atoms with E-state index in [-0.39, 0.29) is 42.0 Å². The molecule has 0 saturated heterocycles. The molecule has 3 aromatic rings. The number of nitrogens with zero attached hydrogens (tertiary/aromatic N) is 1. The summed E-state index contributed by atoms with van der Waals surface area (Å²) < 4.78 is 1.26. The normalized spacial score (nSPS) is 19.5. The molecule has 11 nitrogen and oxygen atoms in total. The summed E-state index contributed by atoms with van der Waals surface area (Å²) in [5, 5.41) is 11.9. The van der Waals surface area contributed by atoms with Crippen LogP contribution in [0.5, 0.6) is 0 Å². The molecule has 3 aliphatic carbocycles. The lowest BCUT2D eigenvalue weighted by atomic mass is 9.50. The molecule has 1 aromatic carbocycles. The number of nitrogens with one attached hydrogen (secondary N) is 5. The molecule has 3 fully saturated rings. The van der Waals surface area contributed by atoms with Gasteiger partial charge < -0.3 is 30.8 Å². The van der Waals surface area contributed by atoms with Gasteiger partial charge in [0.25, 0.3) is 11.5 Å². The van der Waals surface area contributed by atoms with E-state index in [4.69, 9.17) is 0 Å². The lowest BCUT2D eigenvalue weighted by Crippen LogP contribution is -2.68. The van der Waals surface area contributed by atoms with Gasteiger partial charge in [-0.3, -0.25) is 24.0 Å². The van der Waals surface area contributed by atoms with E-state index in [0.29, 0.717) is 23.3 Å². The van der Waals surface area contributed by atoms with Crippen molar-refractivity contribution in [2.24, 2.45) is 5.92 Å². The lowest BCUT2D eigenvalue weighted by molar-refractivity contribution is -0.133. The largest absolute Gasteiger partial charge is 0.360 e. The number of benzene rings is 1. The van der Waals surface area contributed by atoms with Crippen molar-refractivity contribution in [1.29, 1.82) is 0 Å². The Hall–Kier alpha value is -4.67. The predicted molar refractivity (Wildman–Crippen MR) is 159 cm³/mol. The Bertz CT molecular complexity index is 1590. The molecule has 2 heterocycles. The van der Waals surface area contributed by atoms with E-state index in [9.17, 15) is 24.0 Å². The molecule has 220 valence electrons. The number of allylic oxidation sites excluding steroid dienone is 1. The first kappa shape index (κ1) is 28.8. The molecule has 2 aromatic heterocycles.